The van der Waals surface area contributed by atoms with Crippen LogP contribution in [0.3, 0.4) is 0 Å². The zero-order chi connectivity index (χ0) is 45.2. The van der Waals surface area contributed by atoms with E-state index in [2.05, 4.69) is 19.9 Å². The van der Waals surface area contributed by atoms with Gasteiger partial charge in [-0.05, 0) is 93.3 Å². The van der Waals surface area contributed by atoms with Gasteiger partial charge < -0.3 is 74.4 Å². The number of hydrogen-bond donors (Lipinski definition) is 9. The monoisotopic (exact) mass is 884 g/mol. The Labute approximate surface area is 363 Å². The van der Waals surface area contributed by atoms with Crippen LogP contribution in [0.15, 0.2) is 11.6 Å². The first-order chi connectivity index (χ1) is 29.2. The minimum Gasteiger partial charge on any atom is -0.396 e. The number of Topliss-reactive ketones (excluding diaryl/α,β-unsaturated/α-hetero) is 2. The maximum absolute atomic E-state index is 13.8. The number of fused-ring (bicyclic) bond motifs is 5. The van der Waals surface area contributed by atoms with Crippen LogP contribution >= 0.6 is 0 Å². The van der Waals surface area contributed by atoms with E-state index < -0.39 is 105 Å². The van der Waals surface area contributed by atoms with Crippen LogP contribution in [0, 0.1) is 46.3 Å². The van der Waals surface area contributed by atoms with Crippen LogP contribution in [0.2, 0.25) is 0 Å². The third-order valence-electron chi connectivity index (χ3n) is 16.5. The van der Waals surface area contributed by atoms with Crippen molar-refractivity contribution >= 4 is 11.6 Å². The summed E-state index contributed by atoms with van der Waals surface area (Å²) in [5.41, 5.74) is 0.773. The van der Waals surface area contributed by atoms with E-state index in [9.17, 15) is 55.5 Å². The van der Waals surface area contributed by atoms with Crippen molar-refractivity contribution in [1.29, 1.82) is 0 Å². The van der Waals surface area contributed by atoms with E-state index in [1.54, 1.807) is 0 Å². The number of ether oxygens (including phenoxy) is 6. The number of hydrogen-bond acceptors (Lipinski definition) is 17. The van der Waals surface area contributed by atoms with Gasteiger partial charge in [0, 0.05) is 31.3 Å². The largest absolute Gasteiger partial charge is 0.396 e. The molecule has 0 bridgehead atoms. The maximum Gasteiger partial charge on any atom is 0.187 e. The van der Waals surface area contributed by atoms with E-state index in [0.29, 0.717) is 38.0 Å². The molecule has 3 heterocycles. The van der Waals surface area contributed by atoms with Crippen molar-refractivity contribution in [2.24, 2.45) is 46.3 Å². The SMILES string of the molecule is CC1O[C@@H](OC2[C@H](OC3CC[C@@]4(C)C(=CC[C@H]5[C@@H]6CC(=O)[C@H]([C@H](C)C(=O)CC[C@@H](C)CO)[C@@]6(C)CC[C@@H]54)C3)OC(CO)[C@@H](O[C@@H]3OC(C)[C@H](O)[C@H](O)C3O)[C@@H]2O)C(O)[C@@H](O)[C@H]1O. The highest BCUT2D eigenvalue weighted by Gasteiger charge is 2.63. The zero-order valence-electron chi connectivity index (χ0n) is 36.8. The predicted octanol–water partition coefficient (Wildman–Crippen LogP) is 0.247. The maximum atomic E-state index is 13.8. The summed E-state index contributed by atoms with van der Waals surface area (Å²) in [4.78, 5) is 27.2. The Kier molecular flexibility index (Phi) is 14.8. The molecule has 0 radical (unpaired) electrons. The van der Waals surface area contributed by atoms with Crippen molar-refractivity contribution < 1.29 is 84.0 Å². The summed E-state index contributed by atoms with van der Waals surface area (Å²) in [6.07, 6.45) is -14.3. The summed E-state index contributed by atoms with van der Waals surface area (Å²) in [5, 5.41) is 95.2. The van der Waals surface area contributed by atoms with Crippen LogP contribution in [0.1, 0.15) is 99.3 Å². The van der Waals surface area contributed by atoms with Gasteiger partial charge in [-0.15, -0.1) is 0 Å². The van der Waals surface area contributed by atoms with E-state index in [4.69, 9.17) is 28.4 Å². The van der Waals surface area contributed by atoms with Gasteiger partial charge in [0.25, 0.3) is 0 Å². The Bertz CT molecular complexity index is 1610. The highest BCUT2D eigenvalue weighted by atomic mass is 16.8. The number of rotatable bonds is 13. The number of ketones is 2. The van der Waals surface area contributed by atoms with Gasteiger partial charge in [-0.25, -0.2) is 0 Å². The lowest BCUT2D eigenvalue weighted by Gasteiger charge is -2.58. The van der Waals surface area contributed by atoms with Gasteiger partial charge in [-0.2, -0.15) is 0 Å². The average Bonchev–Trinajstić information content (AvgIpc) is 3.52. The number of aliphatic hydroxyl groups excluding tert-OH is 9. The second-order valence-electron chi connectivity index (χ2n) is 20.3. The van der Waals surface area contributed by atoms with Gasteiger partial charge in [0.1, 0.15) is 72.6 Å². The number of carbonyl (C=O) groups excluding carboxylic acids is 2. The lowest BCUT2D eigenvalue weighted by atomic mass is 9.47. The molecule has 3 saturated carbocycles. The van der Waals surface area contributed by atoms with Gasteiger partial charge in [0.15, 0.2) is 18.9 Å². The average molecular weight is 885 g/mol. The molecule has 9 N–H and O–H groups in total. The first kappa shape index (κ1) is 48.4. The minimum absolute atomic E-state index is 0.0298. The van der Waals surface area contributed by atoms with Crippen LogP contribution in [0.25, 0.3) is 0 Å². The molecule has 0 aromatic rings. The molecule has 17 heteroatoms. The van der Waals surface area contributed by atoms with Gasteiger partial charge in [-0.1, -0.05) is 39.3 Å². The van der Waals surface area contributed by atoms with Crippen LogP contribution in [0.5, 0.6) is 0 Å². The van der Waals surface area contributed by atoms with E-state index in [1.165, 1.54) is 19.4 Å². The van der Waals surface area contributed by atoms with Gasteiger partial charge in [0.05, 0.1) is 24.9 Å². The summed E-state index contributed by atoms with van der Waals surface area (Å²) < 4.78 is 36.4. The molecule has 4 aliphatic carbocycles. The van der Waals surface area contributed by atoms with E-state index in [-0.39, 0.29) is 58.6 Å². The van der Waals surface area contributed by atoms with E-state index >= 15 is 0 Å². The number of allylic oxidation sites excluding steroid dienone is 1. The molecule has 24 atom stereocenters. The third-order valence-corrected chi connectivity index (χ3v) is 16.5. The molecule has 0 spiro atoms. The molecule has 7 unspecified atom stereocenters. The lowest BCUT2D eigenvalue weighted by molar-refractivity contribution is -0.388. The van der Waals surface area contributed by atoms with Crippen molar-refractivity contribution in [3.05, 3.63) is 11.6 Å². The molecule has 6 fully saturated rings. The smallest absolute Gasteiger partial charge is 0.187 e. The van der Waals surface area contributed by atoms with Crippen molar-refractivity contribution in [2.45, 2.75) is 198 Å². The third kappa shape index (κ3) is 8.76. The highest BCUT2D eigenvalue weighted by molar-refractivity contribution is 5.92. The molecule has 354 valence electrons. The fourth-order valence-electron chi connectivity index (χ4n) is 12.5. The Balaban J connectivity index is 1.08. The first-order valence-electron chi connectivity index (χ1n) is 22.9. The Morgan fingerprint density at radius 2 is 1.37 bits per heavy atom. The molecule has 7 rings (SSSR count). The normalized spacial score (nSPS) is 50.5. The fourth-order valence-corrected chi connectivity index (χ4v) is 12.5. The summed E-state index contributed by atoms with van der Waals surface area (Å²) in [6, 6.07) is 0. The second kappa shape index (κ2) is 19.0. The predicted molar refractivity (Wildman–Crippen MR) is 216 cm³/mol. The molecule has 62 heavy (non-hydrogen) atoms. The first-order valence-corrected chi connectivity index (χ1v) is 22.9. The molecule has 0 aromatic heterocycles. The van der Waals surface area contributed by atoms with Crippen LogP contribution in [-0.4, -0.2) is 169 Å². The van der Waals surface area contributed by atoms with Gasteiger partial charge in [-0.3, -0.25) is 9.59 Å². The quantitative estimate of drug-likeness (QED) is 0.112. The molecule has 3 aliphatic heterocycles. The zero-order valence-corrected chi connectivity index (χ0v) is 36.8. The van der Waals surface area contributed by atoms with Crippen molar-refractivity contribution in [3.8, 4) is 0 Å². The standard InChI is InChI=1S/C45H72O17/c1-19(17-46)7-10-28(48)20(2)31-29(49)16-27-25-9-8-23-15-24(11-13-44(23,5)26(25)12-14-45(27,31)6)59-43-40(62-42-37(55)35(53)33(51)22(4)58-42)38(56)39(30(18-47)60-43)61-41-36(54)34(52)32(50)21(3)57-41/h8,19-22,24-27,30-43,46-47,50-56H,7,9-18H2,1-6H3/t19-,20-,21?,22?,24?,25-,26+,27+,30?,31+,32+,33+,34+,35+,36?,37?,38+,39-,40?,41+,42+,43-,44+,45+/m1/s1. The van der Waals surface area contributed by atoms with Crippen molar-refractivity contribution in [3.63, 3.8) is 0 Å². The second-order valence-corrected chi connectivity index (χ2v) is 20.3. The Morgan fingerprint density at radius 1 is 0.758 bits per heavy atom. The number of carbonyl (C=O) groups is 2. The fraction of sp³-hybridized carbons (Fsp3) is 0.911. The van der Waals surface area contributed by atoms with Crippen LogP contribution in [-0.2, 0) is 38.0 Å². The number of aliphatic hydroxyl groups is 9. The van der Waals surface area contributed by atoms with E-state index in [1.807, 2.05) is 13.8 Å². The van der Waals surface area contributed by atoms with Crippen molar-refractivity contribution in [2.75, 3.05) is 13.2 Å². The summed E-state index contributed by atoms with van der Waals surface area (Å²) >= 11 is 0. The topological polar surface area (TPSA) is 272 Å². The molecule has 7 aliphatic rings. The van der Waals surface area contributed by atoms with Gasteiger partial charge >= 0.3 is 0 Å². The molecular weight excluding hydrogens is 812 g/mol. The molecule has 0 amide bonds. The van der Waals surface area contributed by atoms with Crippen molar-refractivity contribution in [1.82, 2.24) is 0 Å². The summed E-state index contributed by atoms with van der Waals surface area (Å²) in [6.45, 7) is 10.7. The van der Waals surface area contributed by atoms with Crippen LogP contribution < -0.4 is 0 Å². The minimum atomic E-state index is -1.74. The molecule has 17 nitrogen and oxygen atoms in total. The summed E-state index contributed by atoms with van der Waals surface area (Å²) in [5.74, 6) is 0.380. The molecule has 0 aromatic carbocycles. The lowest BCUT2D eigenvalue weighted by Crippen LogP contribution is -2.66. The highest BCUT2D eigenvalue weighted by Crippen LogP contribution is 2.66. The molecule has 3 saturated heterocycles. The Hall–Kier alpha value is -1.52. The van der Waals surface area contributed by atoms with Crippen LogP contribution in [0.4, 0.5) is 0 Å². The Morgan fingerprint density at radius 3 is 1.97 bits per heavy atom. The molecular formula is C45H72O17. The van der Waals surface area contributed by atoms with Gasteiger partial charge in [0.2, 0.25) is 0 Å². The van der Waals surface area contributed by atoms with E-state index in [0.717, 1.165) is 25.7 Å². The summed E-state index contributed by atoms with van der Waals surface area (Å²) in [7, 11) is 0.